The van der Waals surface area contributed by atoms with E-state index in [2.05, 4.69) is 0 Å². The zero-order valence-corrected chi connectivity index (χ0v) is 20.9. The van der Waals surface area contributed by atoms with Crippen LogP contribution >= 0.6 is 0 Å². The smallest absolute Gasteiger partial charge is 0.123 e. The van der Waals surface area contributed by atoms with Gasteiger partial charge in [-0.05, 0) is 86.1 Å². The average Bonchev–Trinajstić information content (AvgIpc) is 3.48. The van der Waals surface area contributed by atoms with Gasteiger partial charge in [-0.1, -0.05) is 19.3 Å². The zero-order valence-electron chi connectivity index (χ0n) is 20.9. The molecule has 4 nitrogen and oxygen atoms in total. The molecule has 2 aromatic carbocycles. The van der Waals surface area contributed by atoms with E-state index in [1.165, 1.54) is 18.6 Å². The summed E-state index contributed by atoms with van der Waals surface area (Å²) in [5, 5.41) is 0. The van der Waals surface area contributed by atoms with Crippen molar-refractivity contribution in [2.75, 3.05) is 14.2 Å². The molecule has 2 aliphatic rings. The van der Waals surface area contributed by atoms with Crippen LogP contribution in [-0.2, 0) is 22.3 Å². The first-order valence-corrected chi connectivity index (χ1v) is 13.0. The highest BCUT2D eigenvalue weighted by Crippen LogP contribution is 2.31. The minimum atomic E-state index is -0.235. The van der Waals surface area contributed by atoms with Gasteiger partial charge >= 0.3 is 0 Å². The third-order valence-electron chi connectivity index (χ3n) is 7.32. The molecule has 0 bridgehead atoms. The first kappa shape index (κ1) is 25.9. The van der Waals surface area contributed by atoms with Gasteiger partial charge in [-0.3, -0.25) is 0 Å². The molecule has 2 aromatic rings. The predicted molar refractivity (Wildman–Crippen MR) is 132 cm³/mol. The third-order valence-corrected chi connectivity index (χ3v) is 7.32. The Kier molecular flexibility index (Phi) is 9.38. The summed E-state index contributed by atoms with van der Waals surface area (Å²) in [6.07, 6.45) is 12.0. The lowest BCUT2D eigenvalue weighted by Crippen LogP contribution is -2.15. The van der Waals surface area contributed by atoms with E-state index in [1.807, 2.05) is 0 Å². The Hall–Kier alpha value is -2.18. The SMILES string of the molecule is COc1ccc(F)cc1C[C@H]1CC[C@@H](CCCCC[C@H]2CC[C@@H](Cc3cc(F)ccc3OC)O2)O1. The molecular formula is C29H38F2O4. The summed E-state index contributed by atoms with van der Waals surface area (Å²) < 4.78 is 50.5. The first-order chi connectivity index (χ1) is 17.0. The van der Waals surface area contributed by atoms with Crippen molar-refractivity contribution < 1.29 is 27.7 Å². The van der Waals surface area contributed by atoms with E-state index in [9.17, 15) is 8.78 Å². The third kappa shape index (κ3) is 7.40. The summed E-state index contributed by atoms with van der Waals surface area (Å²) in [6.45, 7) is 0. The fourth-order valence-electron chi connectivity index (χ4n) is 5.51. The van der Waals surface area contributed by atoms with Crippen molar-refractivity contribution >= 4 is 0 Å². The number of unbranched alkanes of at least 4 members (excludes halogenated alkanes) is 2. The quantitative estimate of drug-likeness (QED) is 0.308. The number of benzene rings is 2. The molecule has 2 fully saturated rings. The maximum absolute atomic E-state index is 13.6. The molecule has 4 atom stereocenters. The van der Waals surface area contributed by atoms with Gasteiger partial charge in [0, 0.05) is 12.8 Å². The Morgan fingerprint density at radius 2 is 1.09 bits per heavy atom. The Morgan fingerprint density at radius 1 is 0.657 bits per heavy atom. The van der Waals surface area contributed by atoms with Gasteiger partial charge in [0.1, 0.15) is 23.1 Å². The second-order valence-electron chi connectivity index (χ2n) is 9.87. The molecular weight excluding hydrogens is 450 g/mol. The summed E-state index contributed by atoms with van der Waals surface area (Å²) in [4.78, 5) is 0. The summed E-state index contributed by atoms with van der Waals surface area (Å²) in [7, 11) is 3.24. The topological polar surface area (TPSA) is 36.9 Å². The van der Waals surface area contributed by atoms with Crippen molar-refractivity contribution in [2.45, 2.75) is 95.0 Å². The number of ether oxygens (including phenoxy) is 4. The van der Waals surface area contributed by atoms with E-state index >= 15 is 0 Å². The fourth-order valence-corrected chi connectivity index (χ4v) is 5.51. The largest absolute Gasteiger partial charge is 0.496 e. The molecule has 4 rings (SSSR count). The monoisotopic (exact) mass is 488 g/mol. The van der Waals surface area contributed by atoms with Crippen LogP contribution in [0.3, 0.4) is 0 Å². The van der Waals surface area contributed by atoms with Crippen LogP contribution in [0.25, 0.3) is 0 Å². The Balaban J connectivity index is 1.10. The van der Waals surface area contributed by atoms with E-state index in [0.29, 0.717) is 25.0 Å². The van der Waals surface area contributed by atoms with Gasteiger partial charge in [0.05, 0.1) is 38.6 Å². The van der Waals surface area contributed by atoms with Crippen LogP contribution in [0, 0.1) is 11.6 Å². The molecule has 35 heavy (non-hydrogen) atoms. The number of methoxy groups -OCH3 is 2. The predicted octanol–water partition coefficient (Wildman–Crippen LogP) is 6.81. The molecule has 0 aromatic heterocycles. The minimum Gasteiger partial charge on any atom is -0.496 e. The van der Waals surface area contributed by atoms with Gasteiger partial charge < -0.3 is 18.9 Å². The van der Waals surface area contributed by atoms with Crippen LogP contribution in [0.5, 0.6) is 11.5 Å². The summed E-state index contributed by atoms with van der Waals surface area (Å²) >= 11 is 0. The summed E-state index contributed by atoms with van der Waals surface area (Å²) in [6, 6.07) is 9.34. The number of hydrogen-bond acceptors (Lipinski definition) is 4. The van der Waals surface area contributed by atoms with Crippen molar-refractivity contribution in [3.8, 4) is 11.5 Å². The van der Waals surface area contributed by atoms with Gasteiger partial charge in [0.25, 0.3) is 0 Å². The Labute approximate surface area is 207 Å². The van der Waals surface area contributed by atoms with Gasteiger partial charge in [-0.2, -0.15) is 0 Å². The fraction of sp³-hybridized carbons (Fsp3) is 0.586. The van der Waals surface area contributed by atoms with Gasteiger partial charge in [0.2, 0.25) is 0 Å². The number of halogens is 2. The van der Waals surface area contributed by atoms with Crippen molar-refractivity contribution in [3.63, 3.8) is 0 Å². The Morgan fingerprint density at radius 3 is 1.51 bits per heavy atom. The molecule has 0 radical (unpaired) electrons. The second kappa shape index (κ2) is 12.7. The van der Waals surface area contributed by atoms with Crippen LogP contribution in [0.4, 0.5) is 8.78 Å². The van der Waals surface area contributed by atoms with Crippen molar-refractivity contribution in [1.29, 1.82) is 0 Å². The highest BCUT2D eigenvalue weighted by atomic mass is 19.1. The van der Waals surface area contributed by atoms with E-state index in [4.69, 9.17) is 18.9 Å². The molecule has 0 aliphatic carbocycles. The molecule has 0 unspecified atom stereocenters. The van der Waals surface area contributed by atoms with Crippen LogP contribution in [0.2, 0.25) is 0 Å². The van der Waals surface area contributed by atoms with Gasteiger partial charge in [-0.15, -0.1) is 0 Å². The molecule has 6 heteroatoms. The van der Waals surface area contributed by atoms with Crippen molar-refractivity contribution in [1.82, 2.24) is 0 Å². The second-order valence-corrected chi connectivity index (χ2v) is 9.87. The van der Waals surface area contributed by atoms with Crippen LogP contribution in [0.15, 0.2) is 36.4 Å². The van der Waals surface area contributed by atoms with E-state index in [-0.39, 0.29) is 23.8 Å². The van der Waals surface area contributed by atoms with E-state index < -0.39 is 0 Å². The summed E-state index contributed by atoms with van der Waals surface area (Å²) in [5.74, 6) is 0.984. The standard InChI is InChI=1S/C29H38F2O4/c1-32-28-14-8-22(30)16-20(28)18-26-12-10-24(34-26)6-4-3-5-7-25-11-13-27(35-25)19-21-17-23(31)9-15-29(21)33-2/h8-9,14-17,24-27H,3-7,10-13,18-19H2,1-2H3/t24-,25+,26-,27+. The zero-order chi connectivity index (χ0) is 24.6. The molecule has 2 aliphatic heterocycles. The van der Waals surface area contributed by atoms with E-state index in [1.54, 1.807) is 38.5 Å². The molecule has 2 heterocycles. The molecule has 2 saturated heterocycles. The minimum absolute atomic E-state index is 0.135. The molecule has 0 amide bonds. The molecule has 0 spiro atoms. The van der Waals surface area contributed by atoms with Crippen molar-refractivity contribution in [3.05, 3.63) is 59.2 Å². The molecule has 0 N–H and O–H groups in total. The maximum Gasteiger partial charge on any atom is 0.123 e. The Bertz CT molecular complexity index is 875. The number of rotatable bonds is 12. The highest BCUT2D eigenvalue weighted by molar-refractivity contribution is 5.35. The van der Waals surface area contributed by atoms with E-state index in [0.717, 1.165) is 74.0 Å². The lowest BCUT2D eigenvalue weighted by Gasteiger charge is -2.16. The lowest BCUT2D eigenvalue weighted by molar-refractivity contribution is 0.0355. The number of hydrogen-bond donors (Lipinski definition) is 0. The van der Waals surface area contributed by atoms with Crippen LogP contribution < -0.4 is 9.47 Å². The lowest BCUT2D eigenvalue weighted by atomic mass is 10.0. The highest BCUT2D eigenvalue weighted by Gasteiger charge is 2.27. The molecule has 192 valence electrons. The van der Waals surface area contributed by atoms with Gasteiger partial charge in [0.15, 0.2) is 0 Å². The van der Waals surface area contributed by atoms with Crippen LogP contribution in [0.1, 0.15) is 68.9 Å². The molecule has 0 saturated carbocycles. The average molecular weight is 489 g/mol. The van der Waals surface area contributed by atoms with Crippen LogP contribution in [-0.4, -0.2) is 38.6 Å². The van der Waals surface area contributed by atoms with Gasteiger partial charge in [-0.25, -0.2) is 8.78 Å². The summed E-state index contributed by atoms with van der Waals surface area (Å²) in [5.41, 5.74) is 1.76. The van der Waals surface area contributed by atoms with Crippen molar-refractivity contribution in [2.24, 2.45) is 0 Å². The maximum atomic E-state index is 13.6. The first-order valence-electron chi connectivity index (χ1n) is 13.0. The normalized spacial score (nSPS) is 24.1.